The van der Waals surface area contributed by atoms with Crippen molar-refractivity contribution in [3.63, 3.8) is 0 Å². The molecule has 2 aliphatic rings. The SMILES string of the molecule is CCOC(=O)CC1CCN(c2c(F)cc(-c3nc(OCC4CC4)cs3)cc2F)CC1. The number of hydrogen-bond donors (Lipinski definition) is 0. The zero-order chi connectivity index (χ0) is 21.1. The minimum absolute atomic E-state index is 0.00454. The standard InChI is InChI=1S/C22H26F2N2O3S/c1-2-28-20(27)9-14-5-7-26(8-6-14)21-17(23)10-16(11-18(21)24)22-25-19(13-30-22)29-12-15-3-4-15/h10-11,13-15H,2-9,12H2,1H3. The van der Waals surface area contributed by atoms with Crippen LogP contribution in [0.2, 0.25) is 0 Å². The van der Waals surface area contributed by atoms with Gasteiger partial charge in [0.25, 0.3) is 0 Å². The van der Waals surface area contributed by atoms with Gasteiger partial charge >= 0.3 is 5.97 Å². The van der Waals surface area contributed by atoms with Crippen LogP contribution in [0.5, 0.6) is 5.88 Å². The summed E-state index contributed by atoms with van der Waals surface area (Å²) in [6.45, 7) is 3.81. The Morgan fingerprint density at radius 2 is 1.87 bits per heavy atom. The summed E-state index contributed by atoms with van der Waals surface area (Å²) in [5.41, 5.74) is 0.410. The number of esters is 1. The number of halogens is 2. The Balaban J connectivity index is 1.40. The number of aromatic nitrogens is 1. The average Bonchev–Trinajstić information content (AvgIpc) is 3.43. The first-order valence-electron chi connectivity index (χ1n) is 10.5. The van der Waals surface area contributed by atoms with Gasteiger partial charge in [-0.05, 0) is 56.6 Å². The molecular formula is C22H26F2N2O3S. The highest BCUT2D eigenvalue weighted by Gasteiger charge is 2.26. The second-order valence-corrected chi connectivity index (χ2v) is 8.83. The third-order valence-electron chi connectivity index (χ3n) is 5.60. The number of rotatable bonds is 8. The molecule has 8 heteroatoms. The highest BCUT2D eigenvalue weighted by atomic mass is 32.1. The molecular weight excluding hydrogens is 410 g/mol. The van der Waals surface area contributed by atoms with Crippen molar-refractivity contribution in [2.24, 2.45) is 11.8 Å². The van der Waals surface area contributed by atoms with Crippen molar-refractivity contribution in [1.82, 2.24) is 4.98 Å². The molecule has 0 amide bonds. The van der Waals surface area contributed by atoms with Gasteiger partial charge in [0.15, 0.2) is 0 Å². The van der Waals surface area contributed by atoms with E-state index in [1.165, 1.54) is 36.3 Å². The lowest BCUT2D eigenvalue weighted by Crippen LogP contribution is -2.35. The van der Waals surface area contributed by atoms with Crippen LogP contribution in [-0.4, -0.2) is 37.3 Å². The van der Waals surface area contributed by atoms with E-state index in [9.17, 15) is 13.6 Å². The quantitative estimate of drug-likeness (QED) is 0.542. The molecule has 1 saturated carbocycles. The molecule has 0 bridgehead atoms. The summed E-state index contributed by atoms with van der Waals surface area (Å²) in [5, 5.41) is 2.31. The molecule has 0 unspecified atom stereocenters. The Bertz CT molecular complexity index is 869. The van der Waals surface area contributed by atoms with Gasteiger partial charge < -0.3 is 14.4 Å². The summed E-state index contributed by atoms with van der Waals surface area (Å²) in [5.74, 6) is -0.0770. The summed E-state index contributed by atoms with van der Waals surface area (Å²) in [6, 6.07) is 2.68. The maximum atomic E-state index is 14.8. The van der Waals surface area contributed by atoms with E-state index >= 15 is 0 Å². The van der Waals surface area contributed by atoms with Crippen LogP contribution >= 0.6 is 11.3 Å². The van der Waals surface area contributed by atoms with Gasteiger partial charge in [0.2, 0.25) is 5.88 Å². The number of benzene rings is 1. The smallest absolute Gasteiger partial charge is 0.306 e. The van der Waals surface area contributed by atoms with Gasteiger partial charge in [-0.15, -0.1) is 11.3 Å². The number of piperidine rings is 1. The van der Waals surface area contributed by atoms with E-state index in [1.807, 2.05) is 0 Å². The summed E-state index contributed by atoms with van der Waals surface area (Å²) in [4.78, 5) is 17.7. The number of ether oxygens (including phenoxy) is 2. The van der Waals surface area contributed by atoms with Crippen LogP contribution in [0, 0.1) is 23.5 Å². The van der Waals surface area contributed by atoms with Crippen molar-refractivity contribution in [1.29, 1.82) is 0 Å². The van der Waals surface area contributed by atoms with E-state index in [4.69, 9.17) is 9.47 Å². The Kier molecular flexibility index (Phi) is 6.51. The zero-order valence-corrected chi connectivity index (χ0v) is 17.9. The maximum absolute atomic E-state index is 14.8. The predicted molar refractivity (Wildman–Crippen MR) is 112 cm³/mol. The minimum atomic E-state index is -0.593. The zero-order valence-electron chi connectivity index (χ0n) is 17.0. The number of anilines is 1. The first-order valence-corrected chi connectivity index (χ1v) is 11.4. The van der Waals surface area contributed by atoms with E-state index in [0.717, 1.165) is 0 Å². The van der Waals surface area contributed by atoms with Crippen LogP contribution in [0.1, 0.15) is 39.0 Å². The first-order chi connectivity index (χ1) is 14.5. The minimum Gasteiger partial charge on any atom is -0.477 e. The van der Waals surface area contributed by atoms with Crippen LogP contribution in [0.3, 0.4) is 0 Å². The molecule has 162 valence electrons. The van der Waals surface area contributed by atoms with E-state index in [1.54, 1.807) is 17.2 Å². The normalized spacial score (nSPS) is 17.2. The number of hydrogen-bond acceptors (Lipinski definition) is 6. The lowest BCUT2D eigenvalue weighted by molar-refractivity contribution is -0.144. The Hall–Kier alpha value is -2.22. The monoisotopic (exact) mass is 436 g/mol. The van der Waals surface area contributed by atoms with E-state index in [0.29, 0.717) is 67.9 Å². The van der Waals surface area contributed by atoms with Gasteiger partial charge in [0.1, 0.15) is 22.3 Å². The number of carbonyl (C=O) groups is 1. The van der Waals surface area contributed by atoms with Crippen molar-refractivity contribution < 1.29 is 23.0 Å². The molecule has 1 aromatic heterocycles. The highest BCUT2D eigenvalue weighted by molar-refractivity contribution is 7.13. The topological polar surface area (TPSA) is 51.7 Å². The fraction of sp³-hybridized carbons (Fsp3) is 0.545. The third-order valence-corrected chi connectivity index (χ3v) is 6.47. The van der Waals surface area contributed by atoms with Gasteiger partial charge in [0, 0.05) is 25.1 Å². The molecule has 0 spiro atoms. The van der Waals surface area contributed by atoms with Gasteiger partial charge in [-0.2, -0.15) is 0 Å². The predicted octanol–water partition coefficient (Wildman–Crippen LogP) is 5.05. The summed E-state index contributed by atoms with van der Waals surface area (Å²) < 4.78 is 40.3. The van der Waals surface area contributed by atoms with Crippen molar-refractivity contribution in [2.75, 3.05) is 31.2 Å². The lowest BCUT2D eigenvalue weighted by Gasteiger charge is -2.33. The Morgan fingerprint density at radius 1 is 1.17 bits per heavy atom. The summed E-state index contributed by atoms with van der Waals surface area (Å²) >= 11 is 1.32. The van der Waals surface area contributed by atoms with Crippen molar-refractivity contribution in [3.8, 4) is 16.5 Å². The molecule has 0 atom stereocenters. The van der Waals surface area contributed by atoms with Crippen LogP contribution in [-0.2, 0) is 9.53 Å². The second kappa shape index (κ2) is 9.29. The molecule has 0 N–H and O–H groups in total. The van der Waals surface area contributed by atoms with Crippen LogP contribution in [0.4, 0.5) is 14.5 Å². The van der Waals surface area contributed by atoms with Crippen LogP contribution in [0.15, 0.2) is 17.5 Å². The van der Waals surface area contributed by atoms with Crippen molar-refractivity contribution in [3.05, 3.63) is 29.1 Å². The maximum Gasteiger partial charge on any atom is 0.306 e. The molecule has 4 rings (SSSR count). The van der Waals surface area contributed by atoms with E-state index in [-0.39, 0.29) is 17.6 Å². The molecule has 1 aromatic carbocycles. The molecule has 1 aliphatic heterocycles. The molecule has 2 aromatic rings. The summed E-state index contributed by atoms with van der Waals surface area (Å²) in [7, 11) is 0. The third kappa shape index (κ3) is 5.09. The molecule has 5 nitrogen and oxygen atoms in total. The lowest BCUT2D eigenvalue weighted by atomic mass is 9.93. The Morgan fingerprint density at radius 3 is 2.50 bits per heavy atom. The average molecular weight is 437 g/mol. The molecule has 2 heterocycles. The molecule has 0 radical (unpaired) electrons. The Labute approximate surface area is 179 Å². The van der Waals surface area contributed by atoms with E-state index in [2.05, 4.69) is 4.98 Å². The highest BCUT2D eigenvalue weighted by Crippen LogP contribution is 2.35. The van der Waals surface area contributed by atoms with Crippen LogP contribution < -0.4 is 9.64 Å². The van der Waals surface area contributed by atoms with Gasteiger partial charge in [0.05, 0.1) is 18.6 Å². The first kappa shape index (κ1) is 21.0. The number of carbonyl (C=O) groups excluding carboxylic acids is 1. The van der Waals surface area contributed by atoms with E-state index < -0.39 is 11.6 Å². The van der Waals surface area contributed by atoms with Crippen molar-refractivity contribution >= 4 is 23.0 Å². The van der Waals surface area contributed by atoms with Gasteiger partial charge in [-0.25, -0.2) is 13.8 Å². The molecule has 30 heavy (non-hydrogen) atoms. The number of thiazole rings is 1. The molecule has 2 fully saturated rings. The molecule has 1 saturated heterocycles. The van der Waals surface area contributed by atoms with Crippen LogP contribution in [0.25, 0.3) is 10.6 Å². The van der Waals surface area contributed by atoms with Crippen molar-refractivity contribution in [2.45, 2.75) is 39.0 Å². The largest absolute Gasteiger partial charge is 0.477 e. The fourth-order valence-electron chi connectivity index (χ4n) is 3.75. The number of nitrogens with zero attached hydrogens (tertiary/aromatic N) is 2. The van der Waals surface area contributed by atoms with Gasteiger partial charge in [-0.1, -0.05) is 0 Å². The van der Waals surface area contributed by atoms with Gasteiger partial charge in [-0.3, -0.25) is 4.79 Å². The fourth-order valence-corrected chi connectivity index (χ4v) is 4.48. The summed E-state index contributed by atoms with van der Waals surface area (Å²) in [6.07, 6.45) is 4.14. The second-order valence-electron chi connectivity index (χ2n) is 7.97. The molecule has 1 aliphatic carbocycles.